The molecule has 2 heteroatoms. The maximum Gasteiger partial charge on any atom is 0.0110 e. The summed E-state index contributed by atoms with van der Waals surface area (Å²) in [7, 11) is 2.17. The van der Waals surface area contributed by atoms with Gasteiger partial charge in [0.05, 0.1) is 0 Å². The molecule has 0 aromatic heterocycles. The van der Waals surface area contributed by atoms with Crippen LogP contribution in [0.5, 0.6) is 0 Å². The van der Waals surface area contributed by atoms with Crippen LogP contribution >= 0.6 is 0 Å². The fourth-order valence-corrected chi connectivity index (χ4v) is 1.07. The smallest absolute Gasteiger partial charge is 0.0110 e. The molecule has 53 valence electrons. The van der Waals surface area contributed by atoms with Gasteiger partial charge in [0.2, 0.25) is 0 Å². The summed E-state index contributed by atoms with van der Waals surface area (Å²) in [5.41, 5.74) is 0. The molecule has 1 fully saturated rings. The number of likely N-dealkylation sites (N-methyl/N-ethyl adjacent to an activating group) is 1. The van der Waals surface area contributed by atoms with Crippen molar-refractivity contribution in [3.05, 3.63) is 6.92 Å². The zero-order valence-corrected chi connectivity index (χ0v) is 6.14. The summed E-state index contributed by atoms with van der Waals surface area (Å²) in [4.78, 5) is 4.73. The molecule has 1 saturated heterocycles. The molecule has 9 heavy (non-hydrogen) atoms. The van der Waals surface area contributed by atoms with Gasteiger partial charge in [-0.1, -0.05) is 0 Å². The van der Waals surface area contributed by atoms with Crippen molar-refractivity contribution in [2.45, 2.75) is 0 Å². The first-order valence-corrected chi connectivity index (χ1v) is 3.53. The molecule has 0 spiro atoms. The van der Waals surface area contributed by atoms with Crippen molar-refractivity contribution >= 4 is 0 Å². The first kappa shape index (κ1) is 7.03. The second kappa shape index (κ2) is 3.18. The Bertz CT molecular complexity index is 75.0. The summed E-state index contributed by atoms with van der Waals surface area (Å²) in [6.45, 7) is 9.60. The van der Waals surface area contributed by atoms with Gasteiger partial charge in [0.1, 0.15) is 0 Å². The monoisotopic (exact) mass is 127 g/mol. The van der Waals surface area contributed by atoms with Crippen molar-refractivity contribution in [1.29, 1.82) is 0 Å². The van der Waals surface area contributed by atoms with E-state index in [1.807, 2.05) is 0 Å². The van der Waals surface area contributed by atoms with Gasteiger partial charge in [-0.15, -0.1) is 0 Å². The van der Waals surface area contributed by atoms with Gasteiger partial charge in [0.25, 0.3) is 0 Å². The molecule has 0 aromatic carbocycles. The summed E-state index contributed by atoms with van der Waals surface area (Å²) in [5.74, 6) is 0. The molecule has 0 aromatic rings. The van der Waals surface area contributed by atoms with Gasteiger partial charge in [-0.05, 0) is 20.5 Å². The van der Waals surface area contributed by atoms with Gasteiger partial charge in [0.15, 0.2) is 0 Å². The highest BCUT2D eigenvalue weighted by Gasteiger charge is 2.10. The van der Waals surface area contributed by atoms with Crippen LogP contribution in [0.25, 0.3) is 0 Å². The minimum Gasteiger partial charge on any atom is -0.304 e. The van der Waals surface area contributed by atoms with Crippen LogP contribution < -0.4 is 0 Å². The van der Waals surface area contributed by atoms with Crippen molar-refractivity contribution < 1.29 is 0 Å². The van der Waals surface area contributed by atoms with Gasteiger partial charge in [-0.2, -0.15) is 0 Å². The van der Waals surface area contributed by atoms with Crippen LogP contribution in [0.1, 0.15) is 0 Å². The Morgan fingerprint density at radius 3 is 2.22 bits per heavy atom. The van der Waals surface area contributed by atoms with Crippen LogP contribution in [0.15, 0.2) is 0 Å². The number of piperazine rings is 1. The van der Waals surface area contributed by atoms with Crippen molar-refractivity contribution in [2.75, 3.05) is 39.8 Å². The summed E-state index contributed by atoms with van der Waals surface area (Å²) in [6.07, 6.45) is 0. The topological polar surface area (TPSA) is 6.48 Å². The minimum atomic E-state index is 0.966. The molecular weight excluding hydrogens is 112 g/mol. The number of hydrogen-bond donors (Lipinski definition) is 0. The second-order valence-electron chi connectivity index (χ2n) is 2.64. The van der Waals surface area contributed by atoms with Gasteiger partial charge in [-0.3, -0.25) is 0 Å². The Morgan fingerprint density at radius 1 is 1.22 bits per heavy atom. The van der Waals surface area contributed by atoms with Gasteiger partial charge in [0, 0.05) is 26.2 Å². The van der Waals surface area contributed by atoms with E-state index in [1.165, 1.54) is 26.2 Å². The standard InChI is InChI=1S/C7H15N2/c1-3-9-6-4-8(2)5-7-9/h1,3-7H2,2H3. The highest BCUT2D eigenvalue weighted by Crippen LogP contribution is 1.96. The molecule has 0 amide bonds. The average molecular weight is 127 g/mol. The predicted octanol–water partition coefficient (Wildman–Crippen LogP) is 0.0679. The van der Waals surface area contributed by atoms with E-state index in [-0.39, 0.29) is 0 Å². The zero-order chi connectivity index (χ0) is 6.69. The number of rotatable bonds is 1. The largest absolute Gasteiger partial charge is 0.304 e. The third-order valence-corrected chi connectivity index (χ3v) is 1.91. The predicted molar refractivity (Wildman–Crippen MR) is 39.3 cm³/mol. The third-order valence-electron chi connectivity index (χ3n) is 1.91. The van der Waals surface area contributed by atoms with E-state index in [0.29, 0.717) is 0 Å². The summed E-state index contributed by atoms with van der Waals surface area (Å²) >= 11 is 0. The Labute approximate surface area is 57.4 Å². The Morgan fingerprint density at radius 2 is 1.78 bits per heavy atom. The van der Waals surface area contributed by atoms with Crippen LogP contribution in [0.2, 0.25) is 0 Å². The van der Waals surface area contributed by atoms with Crippen molar-refractivity contribution in [3.63, 3.8) is 0 Å². The minimum absolute atomic E-state index is 0.966. The van der Waals surface area contributed by atoms with Crippen LogP contribution in [-0.2, 0) is 0 Å². The number of hydrogen-bond acceptors (Lipinski definition) is 2. The third kappa shape index (κ3) is 1.95. The molecule has 1 rings (SSSR count). The first-order valence-electron chi connectivity index (χ1n) is 3.53. The molecule has 1 aliphatic heterocycles. The van der Waals surface area contributed by atoms with Crippen LogP contribution in [0.4, 0.5) is 0 Å². The molecule has 0 saturated carbocycles. The van der Waals surface area contributed by atoms with Crippen molar-refractivity contribution in [3.8, 4) is 0 Å². The van der Waals surface area contributed by atoms with E-state index in [4.69, 9.17) is 0 Å². The molecule has 0 bridgehead atoms. The fraction of sp³-hybridized carbons (Fsp3) is 0.857. The second-order valence-corrected chi connectivity index (χ2v) is 2.64. The van der Waals surface area contributed by atoms with E-state index >= 15 is 0 Å². The molecule has 2 nitrogen and oxygen atoms in total. The lowest BCUT2D eigenvalue weighted by Crippen LogP contribution is -2.44. The number of nitrogens with zero attached hydrogens (tertiary/aromatic N) is 2. The first-order chi connectivity index (χ1) is 4.33. The lowest BCUT2D eigenvalue weighted by Gasteiger charge is -2.31. The maximum absolute atomic E-state index is 3.84. The molecule has 0 unspecified atom stereocenters. The Balaban J connectivity index is 2.18. The summed E-state index contributed by atoms with van der Waals surface area (Å²) in [6, 6.07) is 0. The Kier molecular flexibility index (Phi) is 2.49. The molecule has 0 N–H and O–H groups in total. The van der Waals surface area contributed by atoms with Crippen molar-refractivity contribution in [2.24, 2.45) is 0 Å². The van der Waals surface area contributed by atoms with Gasteiger partial charge < -0.3 is 9.80 Å². The van der Waals surface area contributed by atoms with E-state index in [9.17, 15) is 0 Å². The SMILES string of the molecule is [CH2]CN1CCN(C)CC1. The molecule has 1 aliphatic rings. The normalized spacial score (nSPS) is 24.7. The zero-order valence-electron chi connectivity index (χ0n) is 6.14. The van der Waals surface area contributed by atoms with Crippen LogP contribution in [-0.4, -0.2) is 49.6 Å². The van der Waals surface area contributed by atoms with Crippen molar-refractivity contribution in [1.82, 2.24) is 9.80 Å². The molecular formula is C7H15N2. The average Bonchev–Trinajstić information content (AvgIpc) is 1.90. The highest BCUT2D eigenvalue weighted by atomic mass is 15.2. The molecule has 1 heterocycles. The van der Waals surface area contributed by atoms with E-state index < -0.39 is 0 Å². The molecule has 0 aliphatic carbocycles. The quantitative estimate of drug-likeness (QED) is 0.492. The lowest BCUT2D eigenvalue weighted by atomic mass is 10.3. The molecule has 1 radical (unpaired) electrons. The van der Waals surface area contributed by atoms with E-state index in [0.717, 1.165) is 6.54 Å². The maximum atomic E-state index is 3.84. The van der Waals surface area contributed by atoms with E-state index in [1.54, 1.807) is 0 Å². The fourth-order valence-electron chi connectivity index (χ4n) is 1.07. The summed E-state index contributed by atoms with van der Waals surface area (Å²) < 4.78 is 0. The van der Waals surface area contributed by atoms with Crippen LogP contribution in [0, 0.1) is 6.92 Å². The van der Waals surface area contributed by atoms with Gasteiger partial charge in [-0.25, -0.2) is 0 Å². The van der Waals surface area contributed by atoms with E-state index in [2.05, 4.69) is 23.8 Å². The highest BCUT2D eigenvalue weighted by molar-refractivity contribution is 4.68. The van der Waals surface area contributed by atoms with Gasteiger partial charge >= 0.3 is 0 Å². The summed E-state index contributed by atoms with van der Waals surface area (Å²) in [5, 5.41) is 0. The Hall–Kier alpha value is -0.0800. The molecule has 0 atom stereocenters. The van der Waals surface area contributed by atoms with Crippen LogP contribution in [0.3, 0.4) is 0 Å². The lowest BCUT2D eigenvalue weighted by molar-refractivity contribution is 0.166.